The van der Waals surface area contributed by atoms with Crippen LogP contribution in [0.3, 0.4) is 0 Å². The molecule has 4 nitrogen and oxygen atoms in total. The highest BCUT2D eigenvalue weighted by Gasteiger charge is 2.38. The zero-order valence-electron chi connectivity index (χ0n) is 11.1. The van der Waals surface area contributed by atoms with Crippen molar-refractivity contribution in [1.29, 1.82) is 0 Å². The second-order valence-electron chi connectivity index (χ2n) is 5.41. The molecule has 2 fully saturated rings. The Morgan fingerprint density at radius 1 is 1.44 bits per heavy atom. The van der Waals surface area contributed by atoms with Gasteiger partial charge in [0.2, 0.25) is 5.88 Å². The summed E-state index contributed by atoms with van der Waals surface area (Å²) in [6.07, 6.45) is 5.73. The third-order valence-corrected chi connectivity index (χ3v) is 3.96. The van der Waals surface area contributed by atoms with Gasteiger partial charge in [-0.25, -0.2) is 4.98 Å². The molecule has 2 unspecified atom stereocenters. The molecule has 1 saturated heterocycles. The van der Waals surface area contributed by atoms with Gasteiger partial charge in [0.15, 0.2) is 0 Å². The van der Waals surface area contributed by atoms with Gasteiger partial charge in [0.25, 0.3) is 0 Å². The normalized spacial score (nSPS) is 28.3. The van der Waals surface area contributed by atoms with E-state index in [9.17, 15) is 0 Å². The Bertz CT molecular complexity index is 419. The maximum absolute atomic E-state index is 5.28. The SMILES string of the molecule is COc1ncccc1NC1CC(C)N(C2CC2)C1. The van der Waals surface area contributed by atoms with E-state index in [4.69, 9.17) is 4.74 Å². The van der Waals surface area contributed by atoms with E-state index < -0.39 is 0 Å². The summed E-state index contributed by atoms with van der Waals surface area (Å²) in [5.41, 5.74) is 1.01. The zero-order valence-corrected chi connectivity index (χ0v) is 11.1. The first-order chi connectivity index (χ1) is 8.78. The molecular formula is C14H21N3O. The summed E-state index contributed by atoms with van der Waals surface area (Å²) in [7, 11) is 1.67. The molecular weight excluding hydrogens is 226 g/mol. The number of hydrogen-bond donors (Lipinski definition) is 1. The Morgan fingerprint density at radius 2 is 2.28 bits per heavy atom. The summed E-state index contributed by atoms with van der Waals surface area (Å²) in [5, 5.41) is 3.57. The predicted molar refractivity (Wildman–Crippen MR) is 72.0 cm³/mol. The van der Waals surface area contributed by atoms with Crippen molar-refractivity contribution in [3.8, 4) is 5.88 Å². The van der Waals surface area contributed by atoms with Gasteiger partial charge in [-0.2, -0.15) is 0 Å². The zero-order chi connectivity index (χ0) is 12.5. The number of methoxy groups -OCH3 is 1. The second kappa shape index (κ2) is 4.76. The van der Waals surface area contributed by atoms with E-state index in [2.05, 4.69) is 22.1 Å². The van der Waals surface area contributed by atoms with Crippen molar-refractivity contribution in [3.63, 3.8) is 0 Å². The molecule has 1 aliphatic carbocycles. The van der Waals surface area contributed by atoms with E-state index >= 15 is 0 Å². The van der Waals surface area contributed by atoms with E-state index in [1.807, 2.05) is 12.1 Å². The van der Waals surface area contributed by atoms with Crippen molar-refractivity contribution >= 4 is 5.69 Å². The third-order valence-electron chi connectivity index (χ3n) is 3.96. The van der Waals surface area contributed by atoms with Crippen LogP contribution in [0.25, 0.3) is 0 Å². The van der Waals surface area contributed by atoms with Crippen LogP contribution in [0.5, 0.6) is 5.88 Å². The number of ether oxygens (including phenoxy) is 1. The first-order valence-corrected chi connectivity index (χ1v) is 6.79. The lowest BCUT2D eigenvalue weighted by atomic mass is 10.2. The molecule has 1 aromatic rings. The van der Waals surface area contributed by atoms with Crippen molar-refractivity contribution in [2.24, 2.45) is 0 Å². The molecule has 2 heterocycles. The molecule has 3 rings (SSSR count). The fourth-order valence-corrected chi connectivity index (χ4v) is 2.96. The van der Waals surface area contributed by atoms with Gasteiger partial charge < -0.3 is 10.1 Å². The Labute approximate surface area is 108 Å². The molecule has 0 radical (unpaired) electrons. The molecule has 1 aromatic heterocycles. The Balaban J connectivity index is 1.66. The monoisotopic (exact) mass is 247 g/mol. The van der Waals surface area contributed by atoms with Crippen molar-refractivity contribution in [3.05, 3.63) is 18.3 Å². The van der Waals surface area contributed by atoms with Crippen LogP contribution in [0.15, 0.2) is 18.3 Å². The molecule has 98 valence electrons. The molecule has 1 aliphatic heterocycles. The maximum atomic E-state index is 5.28. The lowest BCUT2D eigenvalue weighted by Crippen LogP contribution is -2.31. The first kappa shape index (κ1) is 11.8. The minimum Gasteiger partial charge on any atom is -0.480 e. The number of nitrogens with one attached hydrogen (secondary N) is 1. The summed E-state index contributed by atoms with van der Waals surface area (Å²) < 4.78 is 5.28. The van der Waals surface area contributed by atoms with Crippen molar-refractivity contribution < 1.29 is 4.74 Å². The van der Waals surface area contributed by atoms with Crippen LogP contribution in [0.1, 0.15) is 26.2 Å². The number of likely N-dealkylation sites (tertiary alicyclic amines) is 1. The molecule has 2 atom stereocenters. The average Bonchev–Trinajstić information content (AvgIpc) is 3.15. The molecule has 0 bridgehead atoms. The Hall–Kier alpha value is -1.29. The van der Waals surface area contributed by atoms with Crippen molar-refractivity contribution in [1.82, 2.24) is 9.88 Å². The van der Waals surface area contributed by atoms with E-state index in [1.165, 1.54) is 19.3 Å². The molecule has 4 heteroatoms. The van der Waals surface area contributed by atoms with E-state index in [0.29, 0.717) is 18.0 Å². The lowest BCUT2D eigenvalue weighted by Gasteiger charge is -2.20. The van der Waals surface area contributed by atoms with Crippen LogP contribution >= 0.6 is 0 Å². The molecule has 2 aliphatic rings. The molecule has 1 N–H and O–H groups in total. The standard InChI is InChI=1S/C14H21N3O/c1-10-8-11(9-17(10)12-5-6-12)16-13-4-3-7-15-14(13)18-2/h3-4,7,10-12,16H,5-6,8-9H2,1-2H3. The predicted octanol–water partition coefficient (Wildman–Crippen LogP) is 2.13. The van der Waals surface area contributed by atoms with Gasteiger partial charge in [-0.15, -0.1) is 0 Å². The Morgan fingerprint density at radius 3 is 3.00 bits per heavy atom. The summed E-state index contributed by atoms with van der Waals surface area (Å²) in [4.78, 5) is 6.87. The molecule has 18 heavy (non-hydrogen) atoms. The van der Waals surface area contributed by atoms with Crippen molar-refractivity contribution in [2.75, 3.05) is 19.0 Å². The highest BCUT2D eigenvalue weighted by Crippen LogP contribution is 2.34. The van der Waals surface area contributed by atoms with Crippen LogP contribution in [0.2, 0.25) is 0 Å². The smallest absolute Gasteiger partial charge is 0.237 e. The minimum atomic E-state index is 0.513. The fourth-order valence-electron chi connectivity index (χ4n) is 2.96. The van der Waals surface area contributed by atoms with Crippen LogP contribution < -0.4 is 10.1 Å². The summed E-state index contributed by atoms with van der Waals surface area (Å²) >= 11 is 0. The van der Waals surface area contributed by atoms with Gasteiger partial charge in [0.1, 0.15) is 0 Å². The van der Waals surface area contributed by atoms with Crippen molar-refractivity contribution in [2.45, 2.75) is 44.3 Å². The van der Waals surface area contributed by atoms with Crippen LogP contribution in [0.4, 0.5) is 5.69 Å². The van der Waals surface area contributed by atoms with Gasteiger partial charge in [0.05, 0.1) is 12.8 Å². The van der Waals surface area contributed by atoms with E-state index in [0.717, 1.165) is 18.3 Å². The van der Waals surface area contributed by atoms with E-state index in [-0.39, 0.29) is 0 Å². The minimum absolute atomic E-state index is 0.513. The first-order valence-electron chi connectivity index (χ1n) is 6.79. The summed E-state index contributed by atoms with van der Waals surface area (Å²) in [6.45, 7) is 3.48. The van der Waals surface area contributed by atoms with Gasteiger partial charge in [-0.05, 0) is 38.3 Å². The number of hydrogen-bond acceptors (Lipinski definition) is 4. The fraction of sp³-hybridized carbons (Fsp3) is 0.643. The third kappa shape index (κ3) is 2.29. The highest BCUT2D eigenvalue weighted by molar-refractivity contribution is 5.52. The topological polar surface area (TPSA) is 37.4 Å². The summed E-state index contributed by atoms with van der Waals surface area (Å²) in [5.74, 6) is 0.690. The maximum Gasteiger partial charge on any atom is 0.237 e. The van der Waals surface area contributed by atoms with E-state index in [1.54, 1.807) is 13.3 Å². The second-order valence-corrected chi connectivity index (χ2v) is 5.41. The van der Waals surface area contributed by atoms with Gasteiger partial charge in [-0.3, -0.25) is 4.90 Å². The molecule has 0 aromatic carbocycles. The molecule has 0 amide bonds. The summed E-state index contributed by atoms with van der Waals surface area (Å²) in [6, 6.07) is 6.04. The molecule has 1 saturated carbocycles. The lowest BCUT2D eigenvalue weighted by molar-refractivity contribution is 0.257. The number of pyridine rings is 1. The number of aromatic nitrogens is 1. The molecule has 0 spiro atoms. The number of anilines is 1. The van der Waals surface area contributed by atoms with Gasteiger partial charge in [0, 0.05) is 30.9 Å². The number of rotatable bonds is 4. The van der Waals surface area contributed by atoms with Gasteiger partial charge in [-0.1, -0.05) is 0 Å². The van der Waals surface area contributed by atoms with Crippen LogP contribution in [-0.2, 0) is 0 Å². The van der Waals surface area contributed by atoms with Gasteiger partial charge >= 0.3 is 0 Å². The average molecular weight is 247 g/mol. The highest BCUT2D eigenvalue weighted by atomic mass is 16.5. The van der Waals surface area contributed by atoms with Crippen LogP contribution in [-0.4, -0.2) is 41.7 Å². The quantitative estimate of drug-likeness (QED) is 0.884. The van der Waals surface area contributed by atoms with Crippen LogP contribution in [0, 0.1) is 0 Å². The number of nitrogens with zero attached hydrogens (tertiary/aromatic N) is 2. The Kier molecular flexibility index (Phi) is 3.12. The largest absolute Gasteiger partial charge is 0.480 e.